The van der Waals surface area contributed by atoms with Crippen LogP contribution in [0.5, 0.6) is 0 Å². The van der Waals surface area contributed by atoms with Crippen molar-refractivity contribution in [3.8, 4) is 0 Å². The highest BCUT2D eigenvalue weighted by Gasteiger charge is 2.27. The van der Waals surface area contributed by atoms with Gasteiger partial charge in [0.2, 0.25) is 0 Å². The van der Waals surface area contributed by atoms with Crippen LogP contribution in [0, 0.1) is 5.82 Å². The van der Waals surface area contributed by atoms with Crippen LogP contribution in [0.3, 0.4) is 0 Å². The molecule has 10 heteroatoms. The molecule has 2 rings (SSSR count). The topological polar surface area (TPSA) is 113 Å². The highest BCUT2D eigenvalue weighted by atomic mass is 19.1. The van der Waals surface area contributed by atoms with Crippen molar-refractivity contribution in [2.24, 2.45) is 0 Å². The highest BCUT2D eigenvalue weighted by molar-refractivity contribution is 6.03. The zero-order valence-electron chi connectivity index (χ0n) is 18.0. The first kappa shape index (κ1) is 23.6. The molecule has 0 bridgehead atoms. The molecule has 9 nitrogen and oxygen atoms in total. The second-order valence-corrected chi connectivity index (χ2v) is 7.66. The molecule has 0 saturated carbocycles. The lowest BCUT2D eigenvalue weighted by Gasteiger charge is -2.31. The summed E-state index contributed by atoms with van der Waals surface area (Å²) >= 11 is 0. The summed E-state index contributed by atoms with van der Waals surface area (Å²) in [6.07, 6.45) is 2.22. The summed E-state index contributed by atoms with van der Waals surface area (Å²) in [6, 6.07) is 5.07. The Morgan fingerprint density at radius 2 is 1.97 bits per heavy atom. The molecule has 3 N–H and O–H groups in total. The van der Waals surface area contributed by atoms with Gasteiger partial charge in [0.25, 0.3) is 5.91 Å². The third kappa shape index (κ3) is 6.39. The largest absolute Gasteiger partial charge is 0.442 e. The molecule has 0 radical (unpaired) electrons. The molecule has 1 unspecified atom stereocenters. The molecule has 1 atom stereocenters. The maximum atomic E-state index is 13.6. The molecule has 31 heavy (non-hydrogen) atoms. The number of benzene rings is 1. The standard InChI is InChI=1S/C21H26FN5O4/c1-13(12-28)27(20(30)31-21(2,3)4)26-17-8-6-7-16(19(29)23-5)18(17)25-15-9-14(22)10-24-11-15/h6-13,25-26H,1-5H3,(H,23,29). The number of hydrazine groups is 1. The number of carbonyl (C=O) groups is 3. The summed E-state index contributed by atoms with van der Waals surface area (Å²) < 4.78 is 19.0. The quantitative estimate of drug-likeness (QED) is 0.454. The third-order valence-electron chi connectivity index (χ3n) is 3.95. The second kappa shape index (κ2) is 9.88. The number of ether oxygens (including phenoxy) is 1. The normalized spacial score (nSPS) is 11.8. The van der Waals surface area contributed by atoms with Crippen LogP contribution in [0.2, 0.25) is 0 Å². The average molecular weight is 431 g/mol. The molecule has 0 spiro atoms. The number of amides is 2. The molecule has 1 heterocycles. The molecule has 166 valence electrons. The molecular weight excluding hydrogens is 405 g/mol. The van der Waals surface area contributed by atoms with E-state index in [1.165, 1.54) is 26.2 Å². The minimum Gasteiger partial charge on any atom is -0.442 e. The van der Waals surface area contributed by atoms with E-state index in [9.17, 15) is 18.8 Å². The first-order valence-electron chi connectivity index (χ1n) is 9.52. The van der Waals surface area contributed by atoms with Gasteiger partial charge in [-0.15, -0.1) is 0 Å². The smallest absolute Gasteiger partial charge is 0.429 e. The number of para-hydroxylation sites is 1. The van der Waals surface area contributed by atoms with Gasteiger partial charge >= 0.3 is 6.09 Å². The summed E-state index contributed by atoms with van der Waals surface area (Å²) in [5, 5.41) is 6.49. The van der Waals surface area contributed by atoms with E-state index in [4.69, 9.17) is 4.74 Å². The molecule has 2 aromatic rings. The number of hydrogen-bond acceptors (Lipinski definition) is 7. The van der Waals surface area contributed by atoms with E-state index in [0.29, 0.717) is 6.29 Å². The van der Waals surface area contributed by atoms with Crippen LogP contribution in [-0.4, -0.2) is 47.0 Å². The van der Waals surface area contributed by atoms with Crippen LogP contribution in [0.4, 0.5) is 26.2 Å². The van der Waals surface area contributed by atoms with E-state index in [-0.39, 0.29) is 22.6 Å². The Hall–Kier alpha value is -3.69. The Morgan fingerprint density at radius 1 is 1.26 bits per heavy atom. The van der Waals surface area contributed by atoms with Crippen molar-refractivity contribution in [3.63, 3.8) is 0 Å². The van der Waals surface area contributed by atoms with Crippen LogP contribution in [0.1, 0.15) is 38.1 Å². The van der Waals surface area contributed by atoms with Gasteiger partial charge in [0, 0.05) is 13.1 Å². The number of nitrogens with one attached hydrogen (secondary N) is 3. The zero-order chi connectivity index (χ0) is 23.2. The van der Waals surface area contributed by atoms with Gasteiger partial charge in [-0.2, -0.15) is 0 Å². The van der Waals surface area contributed by atoms with E-state index in [1.54, 1.807) is 39.0 Å². The van der Waals surface area contributed by atoms with Crippen LogP contribution < -0.4 is 16.1 Å². The minimum absolute atomic E-state index is 0.222. The van der Waals surface area contributed by atoms with Gasteiger partial charge in [0.15, 0.2) is 0 Å². The van der Waals surface area contributed by atoms with Crippen molar-refractivity contribution in [2.45, 2.75) is 39.3 Å². The summed E-state index contributed by atoms with van der Waals surface area (Å²) in [5.74, 6) is -0.982. The first-order chi connectivity index (χ1) is 14.6. The number of aldehydes is 1. The Balaban J connectivity index is 2.50. The Morgan fingerprint density at radius 3 is 2.55 bits per heavy atom. The number of halogens is 1. The first-order valence-corrected chi connectivity index (χ1v) is 9.52. The number of rotatable bonds is 7. The minimum atomic E-state index is -0.887. The third-order valence-corrected chi connectivity index (χ3v) is 3.95. The molecule has 0 aliphatic carbocycles. The van der Waals surface area contributed by atoms with E-state index < -0.39 is 29.5 Å². The van der Waals surface area contributed by atoms with E-state index in [0.717, 1.165) is 11.2 Å². The van der Waals surface area contributed by atoms with Gasteiger partial charge in [-0.05, 0) is 39.8 Å². The van der Waals surface area contributed by atoms with Crippen LogP contribution in [0.25, 0.3) is 0 Å². The van der Waals surface area contributed by atoms with Crippen molar-refractivity contribution in [1.82, 2.24) is 15.3 Å². The van der Waals surface area contributed by atoms with Gasteiger partial charge in [-0.3, -0.25) is 15.2 Å². The predicted molar refractivity (Wildman–Crippen MR) is 115 cm³/mol. The Labute approximate surface area is 180 Å². The predicted octanol–water partition coefficient (Wildman–Crippen LogP) is 3.48. The molecular formula is C21H26FN5O4. The molecule has 0 saturated heterocycles. The van der Waals surface area contributed by atoms with Crippen molar-refractivity contribution < 1.29 is 23.5 Å². The molecule has 1 aromatic heterocycles. The summed E-state index contributed by atoms with van der Waals surface area (Å²) in [5.41, 5.74) is 3.09. The van der Waals surface area contributed by atoms with Gasteiger partial charge in [0.05, 0.1) is 35.0 Å². The number of anilines is 3. The monoisotopic (exact) mass is 431 g/mol. The van der Waals surface area contributed by atoms with Gasteiger partial charge in [-0.1, -0.05) is 6.07 Å². The summed E-state index contributed by atoms with van der Waals surface area (Å²) in [4.78, 5) is 40.3. The average Bonchev–Trinajstić information content (AvgIpc) is 2.70. The maximum Gasteiger partial charge on any atom is 0.429 e. The SMILES string of the molecule is CNC(=O)c1cccc(NN(C(=O)OC(C)(C)C)C(C)C=O)c1Nc1cncc(F)c1. The number of carbonyl (C=O) groups excluding carboxylic acids is 3. The Bertz CT molecular complexity index is 961. The van der Waals surface area contributed by atoms with Gasteiger partial charge < -0.3 is 20.2 Å². The number of aromatic nitrogens is 1. The fraction of sp³-hybridized carbons (Fsp3) is 0.333. The van der Waals surface area contributed by atoms with Gasteiger partial charge in [0.1, 0.15) is 23.7 Å². The van der Waals surface area contributed by atoms with E-state index >= 15 is 0 Å². The van der Waals surface area contributed by atoms with E-state index in [1.807, 2.05) is 0 Å². The van der Waals surface area contributed by atoms with Crippen LogP contribution in [-0.2, 0) is 9.53 Å². The Kier molecular flexibility index (Phi) is 7.51. The lowest BCUT2D eigenvalue weighted by atomic mass is 10.1. The second-order valence-electron chi connectivity index (χ2n) is 7.66. The van der Waals surface area contributed by atoms with E-state index in [2.05, 4.69) is 21.0 Å². The maximum absolute atomic E-state index is 13.6. The van der Waals surface area contributed by atoms with Crippen LogP contribution in [0.15, 0.2) is 36.7 Å². The molecule has 2 amide bonds. The van der Waals surface area contributed by atoms with Crippen molar-refractivity contribution >= 4 is 35.3 Å². The van der Waals surface area contributed by atoms with Crippen molar-refractivity contribution in [1.29, 1.82) is 0 Å². The summed E-state index contributed by atoms with van der Waals surface area (Å²) in [6.45, 7) is 6.61. The number of hydrogen-bond donors (Lipinski definition) is 3. The summed E-state index contributed by atoms with van der Waals surface area (Å²) in [7, 11) is 1.47. The lowest BCUT2D eigenvalue weighted by Crippen LogP contribution is -2.46. The zero-order valence-corrected chi connectivity index (χ0v) is 18.0. The molecule has 0 aliphatic heterocycles. The molecule has 0 aliphatic rings. The van der Waals surface area contributed by atoms with Crippen molar-refractivity contribution in [3.05, 3.63) is 48.0 Å². The molecule has 0 fully saturated rings. The highest BCUT2D eigenvalue weighted by Crippen LogP contribution is 2.31. The molecule has 1 aromatic carbocycles. The fourth-order valence-corrected chi connectivity index (χ4v) is 2.54. The fourth-order valence-electron chi connectivity index (χ4n) is 2.54. The van der Waals surface area contributed by atoms with Crippen molar-refractivity contribution in [2.75, 3.05) is 17.8 Å². The van der Waals surface area contributed by atoms with Crippen LogP contribution >= 0.6 is 0 Å². The van der Waals surface area contributed by atoms with Gasteiger partial charge in [-0.25, -0.2) is 14.2 Å². The number of nitrogens with zero attached hydrogens (tertiary/aromatic N) is 2. The lowest BCUT2D eigenvalue weighted by molar-refractivity contribution is -0.111. The number of pyridine rings is 1.